The number of nitrogens with zero attached hydrogens (tertiary/aromatic N) is 3. The van der Waals surface area contributed by atoms with E-state index in [1.54, 1.807) is 11.3 Å². The van der Waals surface area contributed by atoms with Gasteiger partial charge >= 0.3 is 0 Å². The Morgan fingerprint density at radius 3 is 2.72 bits per heavy atom. The van der Waals surface area contributed by atoms with Crippen molar-refractivity contribution in [3.05, 3.63) is 83.4 Å². The van der Waals surface area contributed by atoms with Crippen LogP contribution in [-0.2, 0) is 16.1 Å². The van der Waals surface area contributed by atoms with Crippen molar-refractivity contribution < 1.29 is 9.59 Å². The highest BCUT2D eigenvalue weighted by atomic mass is 16.2. The summed E-state index contributed by atoms with van der Waals surface area (Å²) in [5, 5.41) is 12.4. The van der Waals surface area contributed by atoms with Crippen molar-refractivity contribution >= 4 is 28.9 Å². The van der Waals surface area contributed by atoms with Gasteiger partial charge in [0.15, 0.2) is 0 Å². The van der Waals surface area contributed by atoms with Crippen LogP contribution in [-0.4, -0.2) is 40.8 Å². The van der Waals surface area contributed by atoms with Crippen LogP contribution in [0.5, 0.6) is 0 Å². The number of aryl methyl sites for hydroxylation is 1. The van der Waals surface area contributed by atoms with Crippen molar-refractivity contribution in [3.63, 3.8) is 0 Å². The van der Waals surface area contributed by atoms with Crippen LogP contribution in [0.1, 0.15) is 29.2 Å². The molecule has 7 nitrogen and oxygen atoms in total. The summed E-state index contributed by atoms with van der Waals surface area (Å²) in [6, 6.07) is 22.0. The molecule has 0 saturated carbocycles. The van der Waals surface area contributed by atoms with E-state index in [1.165, 1.54) is 21.3 Å². The standard InChI is InChI=1S/C25H25N5O2/c1-17-9-11-18(12-10-17)14-26-24(31)15-29-25(32)23-13-22(28-30(23)16-27-29)21-8-4-6-19-5-2-3-7-20(19)21/h2-12,16,22-23,28H,13-15H2,1H3,(H,26,31). The number of carbonyl (C=O) groups excluding carboxylic acids is 2. The Labute approximate surface area is 186 Å². The van der Waals surface area contributed by atoms with Gasteiger partial charge in [0, 0.05) is 6.54 Å². The zero-order valence-corrected chi connectivity index (χ0v) is 17.9. The molecule has 2 aliphatic rings. The van der Waals surface area contributed by atoms with Crippen molar-refractivity contribution in [3.8, 4) is 0 Å². The van der Waals surface area contributed by atoms with Crippen LogP contribution in [0.4, 0.5) is 0 Å². The van der Waals surface area contributed by atoms with Crippen molar-refractivity contribution in [1.82, 2.24) is 20.8 Å². The van der Waals surface area contributed by atoms with Crippen molar-refractivity contribution in [2.75, 3.05) is 6.54 Å². The highest BCUT2D eigenvalue weighted by molar-refractivity contribution is 5.91. The first-order chi connectivity index (χ1) is 15.6. The number of rotatable bonds is 5. The number of hydrazine groups is 1. The summed E-state index contributed by atoms with van der Waals surface area (Å²) in [5.41, 5.74) is 6.73. The topological polar surface area (TPSA) is 77.0 Å². The number of benzene rings is 3. The van der Waals surface area contributed by atoms with Gasteiger partial charge in [-0.15, -0.1) is 0 Å². The fourth-order valence-corrected chi connectivity index (χ4v) is 4.31. The molecule has 0 aliphatic carbocycles. The van der Waals surface area contributed by atoms with E-state index in [4.69, 9.17) is 0 Å². The van der Waals surface area contributed by atoms with Crippen LogP contribution < -0.4 is 10.7 Å². The first-order valence-electron chi connectivity index (χ1n) is 10.8. The van der Waals surface area contributed by atoms with Crippen LogP contribution in [0.2, 0.25) is 0 Å². The molecule has 0 spiro atoms. The molecule has 5 rings (SSSR count). The van der Waals surface area contributed by atoms with Crippen molar-refractivity contribution in [2.24, 2.45) is 5.10 Å². The van der Waals surface area contributed by atoms with Gasteiger partial charge in [-0.3, -0.25) is 14.6 Å². The molecule has 32 heavy (non-hydrogen) atoms. The van der Waals surface area contributed by atoms with Gasteiger partial charge in [0.05, 0.1) is 6.04 Å². The molecule has 7 heteroatoms. The molecular formula is C25H25N5O2. The van der Waals surface area contributed by atoms with E-state index in [0.29, 0.717) is 13.0 Å². The molecule has 3 aromatic rings. The maximum Gasteiger partial charge on any atom is 0.267 e. The molecule has 2 N–H and O–H groups in total. The van der Waals surface area contributed by atoms with Gasteiger partial charge in [-0.25, -0.2) is 10.4 Å². The van der Waals surface area contributed by atoms with Gasteiger partial charge in [0.2, 0.25) is 5.91 Å². The van der Waals surface area contributed by atoms with E-state index < -0.39 is 0 Å². The van der Waals surface area contributed by atoms with Crippen LogP contribution in [0.3, 0.4) is 0 Å². The average Bonchev–Trinajstić information content (AvgIpc) is 3.25. The highest BCUT2D eigenvalue weighted by Gasteiger charge is 2.41. The number of amides is 2. The summed E-state index contributed by atoms with van der Waals surface area (Å²) < 4.78 is 0. The van der Waals surface area contributed by atoms with Gasteiger partial charge in [-0.2, -0.15) is 5.10 Å². The summed E-state index contributed by atoms with van der Waals surface area (Å²) in [4.78, 5) is 25.5. The third-order valence-corrected chi connectivity index (χ3v) is 6.06. The fraction of sp³-hybridized carbons (Fsp3) is 0.240. The first-order valence-corrected chi connectivity index (χ1v) is 10.8. The lowest BCUT2D eigenvalue weighted by Crippen LogP contribution is -2.52. The molecule has 0 bridgehead atoms. The van der Waals surface area contributed by atoms with Crippen LogP contribution in [0.15, 0.2) is 71.8 Å². The van der Waals surface area contributed by atoms with Gasteiger partial charge in [0.1, 0.15) is 18.9 Å². The Morgan fingerprint density at radius 1 is 1.09 bits per heavy atom. The van der Waals surface area contributed by atoms with E-state index in [2.05, 4.69) is 40.1 Å². The average molecular weight is 428 g/mol. The second kappa shape index (κ2) is 8.43. The number of carbonyl (C=O) groups is 2. The predicted molar refractivity (Wildman–Crippen MR) is 123 cm³/mol. The van der Waals surface area contributed by atoms with Crippen LogP contribution >= 0.6 is 0 Å². The minimum Gasteiger partial charge on any atom is -0.350 e. The molecule has 0 radical (unpaired) electrons. The number of nitrogens with one attached hydrogen (secondary N) is 2. The third kappa shape index (κ3) is 3.94. The number of hydrogen-bond acceptors (Lipinski definition) is 5. The zero-order chi connectivity index (χ0) is 22.1. The van der Waals surface area contributed by atoms with E-state index in [1.807, 2.05) is 49.4 Å². The van der Waals surface area contributed by atoms with E-state index >= 15 is 0 Å². The monoisotopic (exact) mass is 427 g/mol. The second-order valence-corrected chi connectivity index (χ2v) is 8.30. The Balaban J connectivity index is 1.23. The summed E-state index contributed by atoms with van der Waals surface area (Å²) >= 11 is 0. The van der Waals surface area contributed by atoms with Gasteiger partial charge < -0.3 is 5.32 Å². The lowest BCUT2D eigenvalue weighted by Gasteiger charge is -2.29. The highest BCUT2D eigenvalue weighted by Crippen LogP contribution is 2.33. The Hall–Kier alpha value is -3.71. The fourth-order valence-electron chi connectivity index (χ4n) is 4.31. The van der Waals surface area contributed by atoms with E-state index in [9.17, 15) is 9.59 Å². The maximum absolute atomic E-state index is 13.0. The molecule has 162 valence electrons. The summed E-state index contributed by atoms with van der Waals surface area (Å²) in [5.74, 6) is -0.408. The molecule has 1 saturated heterocycles. The zero-order valence-electron chi connectivity index (χ0n) is 17.9. The lowest BCUT2D eigenvalue weighted by molar-refractivity contribution is -0.140. The van der Waals surface area contributed by atoms with E-state index in [0.717, 1.165) is 11.1 Å². The second-order valence-electron chi connectivity index (χ2n) is 8.30. The van der Waals surface area contributed by atoms with Crippen LogP contribution in [0.25, 0.3) is 10.8 Å². The SMILES string of the molecule is Cc1ccc(CNC(=O)CN2N=CN3NC(c4cccc5ccccc45)CC3C2=O)cc1. The van der Waals surface area contributed by atoms with Crippen molar-refractivity contribution in [1.29, 1.82) is 0 Å². The predicted octanol–water partition coefficient (Wildman–Crippen LogP) is 2.87. The Bertz CT molecular complexity index is 1190. The van der Waals surface area contributed by atoms with Gasteiger partial charge in [-0.1, -0.05) is 72.3 Å². The molecular weight excluding hydrogens is 402 g/mol. The largest absolute Gasteiger partial charge is 0.350 e. The summed E-state index contributed by atoms with van der Waals surface area (Å²) in [7, 11) is 0. The molecule has 2 aliphatic heterocycles. The Morgan fingerprint density at radius 2 is 1.88 bits per heavy atom. The Kier molecular flexibility index (Phi) is 5.33. The minimum atomic E-state index is -0.388. The molecule has 0 aromatic heterocycles. The normalized spacial score (nSPS) is 20.0. The van der Waals surface area contributed by atoms with Crippen LogP contribution in [0, 0.1) is 6.92 Å². The molecule has 3 aromatic carbocycles. The molecule has 1 fully saturated rings. The lowest BCUT2D eigenvalue weighted by atomic mass is 9.96. The first kappa shape index (κ1) is 20.2. The summed E-state index contributed by atoms with van der Waals surface area (Å²) in [6.45, 7) is 2.35. The third-order valence-electron chi connectivity index (χ3n) is 6.06. The van der Waals surface area contributed by atoms with E-state index in [-0.39, 0.29) is 30.4 Å². The van der Waals surface area contributed by atoms with Crippen molar-refractivity contribution in [2.45, 2.75) is 32.0 Å². The molecule has 2 amide bonds. The number of hydrogen-bond donors (Lipinski definition) is 2. The molecule has 2 heterocycles. The molecule has 2 unspecified atom stereocenters. The number of hydrazone groups is 1. The number of fused-ring (bicyclic) bond motifs is 2. The minimum absolute atomic E-state index is 0.00295. The van der Waals surface area contributed by atoms with Gasteiger partial charge in [-0.05, 0) is 35.2 Å². The van der Waals surface area contributed by atoms with Gasteiger partial charge in [0.25, 0.3) is 5.91 Å². The quantitative estimate of drug-likeness (QED) is 0.657. The summed E-state index contributed by atoms with van der Waals surface area (Å²) in [6.07, 6.45) is 2.21. The molecule has 2 atom stereocenters. The smallest absolute Gasteiger partial charge is 0.267 e. The maximum atomic E-state index is 13.0.